The van der Waals surface area contributed by atoms with Gasteiger partial charge in [-0.2, -0.15) is 0 Å². The minimum atomic E-state index is -0.784. The van der Waals surface area contributed by atoms with Crippen molar-refractivity contribution in [3.8, 4) is 0 Å². The lowest BCUT2D eigenvalue weighted by molar-refractivity contribution is -0.167. The van der Waals surface area contributed by atoms with Crippen LogP contribution in [-0.2, 0) is 28.6 Å². The van der Waals surface area contributed by atoms with Gasteiger partial charge in [-0.1, -0.05) is 273 Å². The minimum Gasteiger partial charge on any atom is -0.462 e. The number of esters is 3. The van der Waals surface area contributed by atoms with Crippen LogP contribution in [0.4, 0.5) is 0 Å². The van der Waals surface area contributed by atoms with Crippen LogP contribution in [-0.4, -0.2) is 37.2 Å². The lowest BCUT2D eigenvalue weighted by Crippen LogP contribution is -2.30. The molecule has 1 unspecified atom stereocenters. The van der Waals surface area contributed by atoms with E-state index >= 15 is 0 Å². The highest BCUT2D eigenvalue weighted by atomic mass is 16.6. The van der Waals surface area contributed by atoms with Gasteiger partial charge in [0.2, 0.25) is 0 Å². The maximum absolute atomic E-state index is 12.9. The fraction of sp³-hybridized carbons (Fsp3) is 0.773. The van der Waals surface area contributed by atoms with Gasteiger partial charge in [0, 0.05) is 19.3 Å². The molecule has 1 atom stereocenters. The number of ether oxygens (including phenoxy) is 3. The van der Waals surface area contributed by atoms with Crippen LogP contribution in [0.2, 0.25) is 0 Å². The van der Waals surface area contributed by atoms with Crippen molar-refractivity contribution >= 4 is 17.9 Å². The lowest BCUT2D eigenvalue weighted by Gasteiger charge is -2.18. The Labute approximate surface area is 446 Å². The molecule has 0 spiro atoms. The van der Waals surface area contributed by atoms with Gasteiger partial charge >= 0.3 is 17.9 Å². The van der Waals surface area contributed by atoms with Crippen molar-refractivity contribution in [1.82, 2.24) is 0 Å². The topological polar surface area (TPSA) is 78.9 Å². The van der Waals surface area contributed by atoms with Crippen molar-refractivity contribution < 1.29 is 28.6 Å². The summed E-state index contributed by atoms with van der Waals surface area (Å²) in [7, 11) is 0. The summed E-state index contributed by atoms with van der Waals surface area (Å²) in [5.74, 6) is -0.890. The number of hydrogen-bond donors (Lipinski definition) is 0. The molecule has 0 radical (unpaired) electrons. The van der Waals surface area contributed by atoms with Gasteiger partial charge in [0.25, 0.3) is 0 Å². The molecule has 6 nitrogen and oxygen atoms in total. The Morgan fingerprint density at radius 2 is 0.542 bits per heavy atom. The molecule has 0 rings (SSSR count). The van der Waals surface area contributed by atoms with Crippen LogP contribution in [0, 0.1) is 0 Å². The standard InChI is InChI=1S/C66H116O6/c1-4-7-10-13-16-19-22-24-26-28-30-32-33-35-36-38-40-42-44-47-50-53-56-59-65(68)71-62-63(61-70-64(67)58-55-52-49-46-21-18-15-12-9-6-3)72-66(69)60-57-54-51-48-45-43-41-39-37-34-31-29-27-25-23-20-17-14-11-8-5-2/h8,11,17,20,25,27-28,30-31,34,39,41,63H,4-7,9-10,12-16,18-19,21-24,26,29,32-33,35-38,40,42-62H2,1-3H3/b11-8-,20-17-,27-25-,30-28-,34-31-,41-39-. The molecule has 0 amide bonds. The fourth-order valence-electron chi connectivity index (χ4n) is 8.82. The smallest absolute Gasteiger partial charge is 0.306 e. The Morgan fingerprint density at radius 3 is 0.861 bits per heavy atom. The highest BCUT2D eigenvalue weighted by Crippen LogP contribution is 2.16. The summed E-state index contributed by atoms with van der Waals surface area (Å²) in [6.45, 7) is 6.53. The van der Waals surface area contributed by atoms with E-state index in [1.54, 1.807) is 0 Å². The maximum Gasteiger partial charge on any atom is 0.306 e. The first-order valence-corrected chi connectivity index (χ1v) is 30.9. The molecule has 6 heteroatoms. The third-order valence-electron chi connectivity index (χ3n) is 13.4. The van der Waals surface area contributed by atoms with Gasteiger partial charge in [0.15, 0.2) is 6.10 Å². The third-order valence-corrected chi connectivity index (χ3v) is 13.4. The molecule has 0 saturated heterocycles. The van der Waals surface area contributed by atoms with Crippen molar-refractivity contribution in [2.45, 2.75) is 316 Å². The van der Waals surface area contributed by atoms with Crippen LogP contribution in [0.3, 0.4) is 0 Å². The van der Waals surface area contributed by atoms with Gasteiger partial charge in [0.05, 0.1) is 0 Å². The molecule has 0 aromatic carbocycles. The Balaban J connectivity index is 4.29. The normalized spacial score (nSPS) is 12.5. The van der Waals surface area contributed by atoms with E-state index < -0.39 is 6.10 Å². The molecule has 0 aromatic heterocycles. The average molecular weight is 1010 g/mol. The Hall–Kier alpha value is -3.15. The van der Waals surface area contributed by atoms with Crippen LogP contribution in [0.15, 0.2) is 72.9 Å². The molecule has 72 heavy (non-hydrogen) atoms. The Bertz CT molecular complexity index is 1340. The minimum absolute atomic E-state index is 0.0812. The molecule has 0 aliphatic heterocycles. The summed E-state index contributed by atoms with van der Waals surface area (Å²) in [6.07, 6.45) is 77.6. The zero-order valence-electron chi connectivity index (χ0n) is 47.7. The molecule has 0 N–H and O–H groups in total. The number of carbonyl (C=O) groups excluding carboxylic acids is 3. The molecular formula is C66H116O6. The van der Waals surface area contributed by atoms with E-state index in [1.807, 2.05) is 0 Å². The second-order valence-electron chi connectivity index (χ2n) is 20.6. The summed E-state index contributed by atoms with van der Waals surface area (Å²) < 4.78 is 16.9. The summed E-state index contributed by atoms with van der Waals surface area (Å²) in [6, 6.07) is 0. The highest BCUT2D eigenvalue weighted by molar-refractivity contribution is 5.71. The third kappa shape index (κ3) is 57.7. The maximum atomic E-state index is 12.9. The summed E-state index contributed by atoms with van der Waals surface area (Å²) >= 11 is 0. The summed E-state index contributed by atoms with van der Waals surface area (Å²) in [5, 5.41) is 0. The molecule has 0 fully saturated rings. The van der Waals surface area contributed by atoms with E-state index in [2.05, 4.69) is 93.7 Å². The van der Waals surface area contributed by atoms with Crippen molar-refractivity contribution in [3.05, 3.63) is 72.9 Å². The first kappa shape index (κ1) is 68.8. The number of unbranched alkanes of at least 4 members (excludes halogenated alkanes) is 33. The number of rotatable bonds is 56. The number of allylic oxidation sites excluding steroid dienone is 12. The SMILES string of the molecule is CC/C=C\C/C=C\C/C=C\C/C=C\C/C=C\CCCCCCCC(=O)OC(COC(=O)CCCCCCCCCCCC)COC(=O)CCCCCCCCCCCCC/C=C\CCCCCCCCCC. The fourth-order valence-corrected chi connectivity index (χ4v) is 8.82. The zero-order chi connectivity index (χ0) is 52.2. The Morgan fingerprint density at radius 1 is 0.292 bits per heavy atom. The monoisotopic (exact) mass is 1000 g/mol. The second kappa shape index (κ2) is 60.4. The molecule has 0 saturated carbocycles. The molecule has 0 aliphatic carbocycles. The summed E-state index contributed by atoms with van der Waals surface area (Å²) in [5.41, 5.74) is 0. The van der Waals surface area contributed by atoms with E-state index in [0.29, 0.717) is 19.3 Å². The van der Waals surface area contributed by atoms with Crippen molar-refractivity contribution in [2.75, 3.05) is 13.2 Å². The molecule has 416 valence electrons. The molecular weight excluding hydrogens is 889 g/mol. The first-order valence-electron chi connectivity index (χ1n) is 30.9. The van der Waals surface area contributed by atoms with E-state index in [0.717, 1.165) is 109 Å². The highest BCUT2D eigenvalue weighted by Gasteiger charge is 2.19. The van der Waals surface area contributed by atoms with E-state index in [4.69, 9.17) is 14.2 Å². The van der Waals surface area contributed by atoms with Crippen LogP contribution >= 0.6 is 0 Å². The molecule has 0 heterocycles. The van der Waals surface area contributed by atoms with E-state index in [1.165, 1.54) is 161 Å². The Kier molecular flexibility index (Phi) is 57.8. The van der Waals surface area contributed by atoms with Gasteiger partial charge in [-0.25, -0.2) is 0 Å². The van der Waals surface area contributed by atoms with Gasteiger partial charge in [0.1, 0.15) is 13.2 Å². The lowest BCUT2D eigenvalue weighted by atomic mass is 10.0. The predicted molar refractivity (Wildman–Crippen MR) is 311 cm³/mol. The number of carbonyl (C=O) groups is 3. The van der Waals surface area contributed by atoms with E-state index in [-0.39, 0.29) is 31.1 Å². The van der Waals surface area contributed by atoms with Crippen LogP contribution in [0.5, 0.6) is 0 Å². The van der Waals surface area contributed by atoms with Crippen molar-refractivity contribution in [3.63, 3.8) is 0 Å². The molecule has 0 aliphatic rings. The molecule has 0 bridgehead atoms. The van der Waals surface area contributed by atoms with Crippen molar-refractivity contribution in [1.29, 1.82) is 0 Å². The largest absolute Gasteiger partial charge is 0.462 e. The van der Waals surface area contributed by atoms with Gasteiger partial charge in [-0.3, -0.25) is 14.4 Å². The number of hydrogen-bond acceptors (Lipinski definition) is 6. The van der Waals surface area contributed by atoms with Crippen LogP contribution < -0.4 is 0 Å². The predicted octanol–water partition coefficient (Wildman–Crippen LogP) is 20.9. The van der Waals surface area contributed by atoms with Gasteiger partial charge < -0.3 is 14.2 Å². The quantitative estimate of drug-likeness (QED) is 0.0261. The van der Waals surface area contributed by atoms with Crippen LogP contribution in [0.25, 0.3) is 0 Å². The van der Waals surface area contributed by atoms with E-state index in [9.17, 15) is 14.4 Å². The van der Waals surface area contributed by atoms with Crippen LogP contribution in [0.1, 0.15) is 310 Å². The van der Waals surface area contributed by atoms with Crippen molar-refractivity contribution in [2.24, 2.45) is 0 Å². The van der Waals surface area contributed by atoms with Gasteiger partial charge in [-0.15, -0.1) is 0 Å². The molecule has 0 aromatic rings. The zero-order valence-corrected chi connectivity index (χ0v) is 47.7. The average Bonchev–Trinajstić information content (AvgIpc) is 3.38. The first-order chi connectivity index (χ1) is 35.5. The second-order valence-corrected chi connectivity index (χ2v) is 20.6. The van der Waals surface area contributed by atoms with Gasteiger partial charge in [-0.05, 0) is 89.9 Å². The summed E-state index contributed by atoms with van der Waals surface area (Å²) in [4.78, 5) is 38.2.